The van der Waals surface area contributed by atoms with Crippen LogP contribution in [0, 0.1) is 5.92 Å². The average molecular weight is 361 g/mol. The highest BCUT2D eigenvalue weighted by Gasteiger charge is 2.26. The van der Waals surface area contributed by atoms with Gasteiger partial charge in [-0.3, -0.25) is 4.79 Å². The molecule has 0 atom stereocenters. The molecule has 0 aromatic carbocycles. The zero-order valence-corrected chi connectivity index (χ0v) is 15.4. The standard InChI is InChI=1S/C17H23N5O2S/c1-21-14(19-20-15(21)11-23)10-12-5-8-22(9-6-12)17(24)13-4-3-7-18-16(13)25-2/h3-4,7,12,23H,5-6,8-11H2,1-2H3. The molecule has 2 aromatic heterocycles. The van der Waals surface area contributed by atoms with Crippen LogP contribution in [0.5, 0.6) is 0 Å². The number of carbonyl (C=O) groups excluding carboxylic acids is 1. The van der Waals surface area contributed by atoms with Gasteiger partial charge in [-0.15, -0.1) is 22.0 Å². The Labute approximate surface area is 151 Å². The highest BCUT2D eigenvalue weighted by molar-refractivity contribution is 7.98. The monoisotopic (exact) mass is 361 g/mol. The van der Waals surface area contributed by atoms with E-state index in [4.69, 9.17) is 0 Å². The smallest absolute Gasteiger partial charge is 0.256 e. The maximum atomic E-state index is 12.8. The van der Waals surface area contributed by atoms with E-state index >= 15 is 0 Å². The van der Waals surface area contributed by atoms with Crippen LogP contribution < -0.4 is 0 Å². The van der Waals surface area contributed by atoms with Crippen molar-refractivity contribution in [2.24, 2.45) is 13.0 Å². The summed E-state index contributed by atoms with van der Waals surface area (Å²) < 4.78 is 1.86. The summed E-state index contributed by atoms with van der Waals surface area (Å²) in [6.45, 7) is 1.40. The topological polar surface area (TPSA) is 84.1 Å². The summed E-state index contributed by atoms with van der Waals surface area (Å²) in [4.78, 5) is 19.0. The molecule has 1 aliphatic rings. The lowest BCUT2D eigenvalue weighted by Crippen LogP contribution is -2.39. The molecule has 8 heteroatoms. The molecule has 0 radical (unpaired) electrons. The highest BCUT2D eigenvalue weighted by Crippen LogP contribution is 2.24. The number of carbonyl (C=O) groups is 1. The van der Waals surface area contributed by atoms with Crippen LogP contribution in [-0.4, -0.2) is 55.0 Å². The van der Waals surface area contributed by atoms with E-state index in [-0.39, 0.29) is 12.5 Å². The van der Waals surface area contributed by atoms with Crippen molar-refractivity contribution in [1.82, 2.24) is 24.6 Å². The first-order valence-electron chi connectivity index (χ1n) is 8.40. The molecule has 2 aromatic rings. The number of aromatic nitrogens is 4. The number of amides is 1. The summed E-state index contributed by atoms with van der Waals surface area (Å²) in [5.74, 6) is 2.03. The van der Waals surface area contributed by atoms with Crippen LogP contribution >= 0.6 is 11.8 Å². The molecule has 1 N–H and O–H groups in total. The SMILES string of the molecule is CSc1ncccc1C(=O)N1CCC(Cc2nnc(CO)n2C)CC1. The van der Waals surface area contributed by atoms with Gasteiger partial charge in [-0.2, -0.15) is 0 Å². The molecule has 1 saturated heterocycles. The van der Waals surface area contributed by atoms with Gasteiger partial charge in [0.25, 0.3) is 5.91 Å². The zero-order chi connectivity index (χ0) is 17.8. The number of pyridine rings is 1. The third kappa shape index (κ3) is 3.85. The van der Waals surface area contributed by atoms with Gasteiger partial charge in [0.05, 0.1) is 5.56 Å². The molecule has 0 aliphatic carbocycles. The maximum Gasteiger partial charge on any atom is 0.256 e. The Bertz CT molecular complexity index is 740. The summed E-state index contributed by atoms with van der Waals surface area (Å²) in [7, 11) is 1.88. The summed E-state index contributed by atoms with van der Waals surface area (Å²) in [6.07, 6.45) is 6.38. The summed E-state index contributed by atoms with van der Waals surface area (Å²) in [5, 5.41) is 18.1. The fraction of sp³-hybridized carbons (Fsp3) is 0.529. The minimum atomic E-state index is -0.0979. The molecule has 3 rings (SSSR count). The van der Waals surface area contributed by atoms with Crippen molar-refractivity contribution in [2.75, 3.05) is 19.3 Å². The van der Waals surface area contributed by atoms with E-state index in [1.54, 1.807) is 6.20 Å². The Balaban J connectivity index is 1.60. The van der Waals surface area contributed by atoms with Crippen LogP contribution in [0.15, 0.2) is 23.4 Å². The predicted octanol–water partition coefficient (Wildman–Crippen LogP) is 1.52. The molecule has 1 amide bonds. The largest absolute Gasteiger partial charge is 0.388 e. The number of hydrogen-bond donors (Lipinski definition) is 1. The van der Waals surface area contributed by atoms with E-state index in [1.807, 2.05) is 34.9 Å². The number of aliphatic hydroxyl groups is 1. The first-order valence-corrected chi connectivity index (χ1v) is 9.62. The molecule has 1 fully saturated rings. The van der Waals surface area contributed by atoms with E-state index in [9.17, 15) is 9.90 Å². The van der Waals surface area contributed by atoms with Crippen LogP contribution in [0.4, 0.5) is 0 Å². The predicted molar refractivity (Wildman–Crippen MR) is 95.3 cm³/mol. The lowest BCUT2D eigenvalue weighted by atomic mass is 9.93. The van der Waals surface area contributed by atoms with Crippen molar-refractivity contribution in [3.63, 3.8) is 0 Å². The molecule has 0 saturated carbocycles. The average Bonchev–Trinajstić information content (AvgIpc) is 3.01. The molecular weight excluding hydrogens is 338 g/mol. The Hall–Kier alpha value is -1.93. The number of piperidine rings is 1. The Morgan fingerprint density at radius 2 is 2.04 bits per heavy atom. The quantitative estimate of drug-likeness (QED) is 0.813. The third-order valence-electron chi connectivity index (χ3n) is 4.76. The fourth-order valence-electron chi connectivity index (χ4n) is 3.20. The normalized spacial score (nSPS) is 15.6. The number of aliphatic hydroxyl groups excluding tert-OH is 1. The molecule has 3 heterocycles. The second-order valence-corrected chi connectivity index (χ2v) is 7.04. The van der Waals surface area contributed by atoms with Gasteiger partial charge < -0.3 is 14.6 Å². The minimum Gasteiger partial charge on any atom is -0.388 e. The van der Waals surface area contributed by atoms with E-state index < -0.39 is 0 Å². The van der Waals surface area contributed by atoms with Gasteiger partial charge in [0, 0.05) is 32.8 Å². The Morgan fingerprint density at radius 3 is 2.68 bits per heavy atom. The second kappa shape index (κ2) is 7.97. The van der Waals surface area contributed by atoms with Crippen LogP contribution in [-0.2, 0) is 20.1 Å². The van der Waals surface area contributed by atoms with E-state index in [1.165, 1.54) is 11.8 Å². The van der Waals surface area contributed by atoms with Crippen LogP contribution in [0.2, 0.25) is 0 Å². The number of rotatable bonds is 5. The molecule has 25 heavy (non-hydrogen) atoms. The molecule has 0 spiro atoms. The van der Waals surface area contributed by atoms with Crippen molar-refractivity contribution in [1.29, 1.82) is 0 Å². The van der Waals surface area contributed by atoms with Crippen molar-refractivity contribution in [3.05, 3.63) is 35.5 Å². The van der Waals surface area contributed by atoms with Gasteiger partial charge in [0.15, 0.2) is 5.82 Å². The Kier molecular flexibility index (Phi) is 5.70. The van der Waals surface area contributed by atoms with Crippen LogP contribution in [0.25, 0.3) is 0 Å². The van der Waals surface area contributed by atoms with E-state index in [2.05, 4.69) is 15.2 Å². The van der Waals surface area contributed by atoms with Crippen molar-refractivity contribution < 1.29 is 9.90 Å². The number of likely N-dealkylation sites (tertiary alicyclic amines) is 1. The highest BCUT2D eigenvalue weighted by atomic mass is 32.2. The summed E-state index contributed by atoms with van der Waals surface area (Å²) in [5.41, 5.74) is 0.689. The third-order valence-corrected chi connectivity index (χ3v) is 5.48. The molecule has 7 nitrogen and oxygen atoms in total. The number of nitrogens with zero attached hydrogens (tertiary/aromatic N) is 5. The molecule has 134 valence electrons. The maximum absolute atomic E-state index is 12.8. The minimum absolute atomic E-state index is 0.0668. The molecular formula is C17H23N5O2S. The first-order chi connectivity index (χ1) is 12.1. The van der Waals surface area contributed by atoms with Gasteiger partial charge >= 0.3 is 0 Å². The summed E-state index contributed by atoms with van der Waals surface area (Å²) in [6, 6.07) is 3.66. The first kappa shape index (κ1) is 17.9. The second-order valence-electron chi connectivity index (χ2n) is 6.25. The lowest BCUT2D eigenvalue weighted by Gasteiger charge is -2.32. The van der Waals surface area contributed by atoms with Gasteiger partial charge in [-0.05, 0) is 37.1 Å². The van der Waals surface area contributed by atoms with Crippen molar-refractivity contribution in [2.45, 2.75) is 30.9 Å². The molecule has 0 bridgehead atoms. The zero-order valence-electron chi connectivity index (χ0n) is 14.6. The van der Waals surface area contributed by atoms with Gasteiger partial charge in [0.2, 0.25) is 0 Å². The van der Waals surface area contributed by atoms with Crippen molar-refractivity contribution in [3.8, 4) is 0 Å². The number of hydrogen-bond acceptors (Lipinski definition) is 6. The fourth-order valence-corrected chi connectivity index (χ4v) is 3.74. The van der Waals surface area contributed by atoms with Gasteiger partial charge in [0.1, 0.15) is 17.5 Å². The van der Waals surface area contributed by atoms with Crippen LogP contribution in [0.1, 0.15) is 34.8 Å². The van der Waals surface area contributed by atoms with Crippen molar-refractivity contribution >= 4 is 17.7 Å². The van der Waals surface area contributed by atoms with Gasteiger partial charge in [-0.25, -0.2) is 4.98 Å². The van der Waals surface area contributed by atoms with E-state index in [0.29, 0.717) is 17.3 Å². The summed E-state index contributed by atoms with van der Waals surface area (Å²) >= 11 is 1.50. The van der Waals surface area contributed by atoms with Gasteiger partial charge in [-0.1, -0.05) is 0 Å². The van der Waals surface area contributed by atoms with E-state index in [0.717, 1.165) is 43.2 Å². The van der Waals surface area contributed by atoms with Crippen LogP contribution in [0.3, 0.4) is 0 Å². The molecule has 0 unspecified atom stereocenters. The number of thioether (sulfide) groups is 1. The lowest BCUT2D eigenvalue weighted by molar-refractivity contribution is 0.0685. The molecule has 1 aliphatic heterocycles. The Morgan fingerprint density at radius 1 is 1.32 bits per heavy atom.